The Hall–Kier alpha value is -2.24. The normalized spacial score (nSPS) is 11.1. The van der Waals surface area contributed by atoms with Crippen LogP contribution in [0.25, 0.3) is 0 Å². The van der Waals surface area contributed by atoms with Gasteiger partial charge in [-0.2, -0.15) is 0 Å². The Morgan fingerprint density at radius 3 is 2.60 bits per heavy atom. The van der Waals surface area contributed by atoms with Crippen molar-refractivity contribution in [2.24, 2.45) is 10.8 Å². The number of ether oxygens (including phenoxy) is 1. The van der Waals surface area contributed by atoms with Gasteiger partial charge in [-0.25, -0.2) is 10.8 Å². The predicted molar refractivity (Wildman–Crippen MR) is 82.5 cm³/mol. The van der Waals surface area contributed by atoms with Gasteiger partial charge in [0.15, 0.2) is 0 Å². The molecule has 0 unspecified atom stereocenters. The summed E-state index contributed by atoms with van der Waals surface area (Å²) in [5.74, 6) is 6.46. The lowest BCUT2D eigenvalue weighted by molar-refractivity contribution is 0.415. The molecule has 0 amide bonds. The summed E-state index contributed by atoms with van der Waals surface area (Å²) in [5.41, 5.74) is 4.07. The van der Waals surface area contributed by atoms with E-state index >= 15 is 0 Å². The number of guanidine groups is 1. The van der Waals surface area contributed by atoms with Gasteiger partial charge >= 0.3 is 0 Å². The topological polar surface area (TPSA) is 71.7 Å². The summed E-state index contributed by atoms with van der Waals surface area (Å²) >= 11 is 5.97. The molecule has 0 spiro atoms. The maximum absolute atomic E-state index is 5.97. The number of hydrazine groups is 1. The predicted octanol–water partition coefficient (Wildman–Crippen LogP) is 2.91. The average Bonchev–Trinajstić information content (AvgIpc) is 2.49. The number of aliphatic imine (C=N–C) groups is 1. The van der Waals surface area contributed by atoms with Crippen LogP contribution in [0.5, 0.6) is 5.75 Å². The van der Waals surface area contributed by atoms with Crippen molar-refractivity contribution in [1.29, 1.82) is 0 Å². The summed E-state index contributed by atoms with van der Waals surface area (Å²) in [6, 6.07) is 14.8. The van der Waals surface area contributed by atoms with Crippen LogP contribution in [0.4, 0.5) is 11.4 Å². The quantitative estimate of drug-likeness (QED) is 0.352. The van der Waals surface area contributed by atoms with Crippen molar-refractivity contribution < 1.29 is 4.74 Å². The van der Waals surface area contributed by atoms with Crippen LogP contribution < -0.4 is 21.3 Å². The number of halogens is 1. The molecule has 0 saturated carbocycles. The van der Waals surface area contributed by atoms with E-state index in [1.807, 2.05) is 36.4 Å². The number of nitrogens with zero attached hydrogens (tertiary/aromatic N) is 1. The van der Waals surface area contributed by atoms with Crippen LogP contribution in [0.2, 0.25) is 5.02 Å². The van der Waals surface area contributed by atoms with Crippen LogP contribution in [-0.2, 0) is 0 Å². The highest BCUT2D eigenvalue weighted by atomic mass is 35.5. The van der Waals surface area contributed by atoms with Crippen molar-refractivity contribution in [2.75, 3.05) is 12.4 Å². The summed E-state index contributed by atoms with van der Waals surface area (Å²) in [6.07, 6.45) is 0. The van der Waals surface area contributed by atoms with Crippen LogP contribution in [0, 0.1) is 0 Å². The molecular formula is C14H15ClN4O. The van der Waals surface area contributed by atoms with E-state index in [1.165, 1.54) is 0 Å². The highest BCUT2D eigenvalue weighted by Crippen LogP contribution is 2.27. The SMILES string of the molecule is COc1cc(NC(=Nc2ccccc2)NN)ccc1Cl. The van der Waals surface area contributed by atoms with Crippen molar-refractivity contribution >= 4 is 28.9 Å². The maximum atomic E-state index is 5.97. The van der Waals surface area contributed by atoms with Gasteiger partial charge in [-0.05, 0) is 24.3 Å². The highest BCUT2D eigenvalue weighted by Gasteiger charge is 2.04. The van der Waals surface area contributed by atoms with Gasteiger partial charge in [0.05, 0.1) is 17.8 Å². The van der Waals surface area contributed by atoms with Gasteiger partial charge in [-0.15, -0.1) is 0 Å². The molecule has 0 aliphatic rings. The largest absolute Gasteiger partial charge is 0.495 e. The third kappa shape index (κ3) is 3.63. The number of nitrogens with two attached hydrogens (primary N) is 1. The number of hydrogen-bond acceptors (Lipinski definition) is 3. The molecule has 2 aromatic rings. The van der Waals surface area contributed by atoms with E-state index in [0.717, 1.165) is 11.4 Å². The minimum absolute atomic E-state index is 0.417. The monoisotopic (exact) mass is 290 g/mol. The van der Waals surface area contributed by atoms with Gasteiger partial charge in [0.2, 0.25) is 5.96 Å². The zero-order valence-corrected chi connectivity index (χ0v) is 11.7. The lowest BCUT2D eigenvalue weighted by Crippen LogP contribution is -2.35. The first-order chi connectivity index (χ1) is 9.72. The van der Waals surface area contributed by atoms with Gasteiger partial charge in [-0.3, -0.25) is 5.43 Å². The van der Waals surface area contributed by atoms with Crippen molar-refractivity contribution in [3.05, 3.63) is 53.6 Å². The third-order valence-corrected chi connectivity index (χ3v) is 2.86. The molecule has 0 aliphatic heterocycles. The standard InChI is InChI=1S/C14H15ClN4O/c1-20-13-9-11(7-8-12(13)15)18-14(19-16)17-10-5-3-2-4-6-10/h2-9H,16H2,1H3,(H2,17,18,19). The third-order valence-electron chi connectivity index (χ3n) is 2.55. The Bertz CT molecular complexity index is 601. The van der Waals surface area contributed by atoms with E-state index in [4.69, 9.17) is 22.2 Å². The molecule has 0 saturated heterocycles. The van der Waals surface area contributed by atoms with Gasteiger partial charge in [0.1, 0.15) is 5.75 Å². The lowest BCUT2D eigenvalue weighted by atomic mass is 10.3. The molecule has 6 heteroatoms. The molecule has 104 valence electrons. The molecule has 0 aromatic heterocycles. The smallest absolute Gasteiger partial charge is 0.215 e. The van der Waals surface area contributed by atoms with E-state index in [-0.39, 0.29) is 0 Å². The highest BCUT2D eigenvalue weighted by molar-refractivity contribution is 6.32. The second kappa shape index (κ2) is 6.79. The summed E-state index contributed by atoms with van der Waals surface area (Å²) < 4.78 is 5.16. The lowest BCUT2D eigenvalue weighted by Gasteiger charge is -2.11. The van der Waals surface area contributed by atoms with E-state index in [0.29, 0.717) is 16.7 Å². The van der Waals surface area contributed by atoms with Crippen molar-refractivity contribution in [2.45, 2.75) is 0 Å². The Kier molecular flexibility index (Phi) is 4.81. The molecule has 2 aromatic carbocycles. The Balaban J connectivity index is 2.20. The fourth-order valence-electron chi connectivity index (χ4n) is 1.60. The number of hydrogen-bond donors (Lipinski definition) is 3. The first-order valence-electron chi connectivity index (χ1n) is 5.94. The Labute approximate surface area is 122 Å². The first-order valence-corrected chi connectivity index (χ1v) is 6.31. The van der Waals surface area contributed by atoms with Crippen molar-refractivity contribution in [1.82, 2.24) is 5.43 Å². The molecule has 20 heavy (non-hydrogen) atoms. The molecule has 5 nitrogen and oxygen atoms in total. The minimum atomic E-state index is 0.417. The molecule has 2 rings (SSSR count). The summed E-state index contributed by atoms with van der Waals surface area (Å²) in [7, 11) is 1.56. The first kappa shape index (κ1) is 14.2. The minimum Gasteiger partial charge on any atom is -0.495 e. The van der Waals surface area contributed by atoms with E-state index in [2.05, 4.69) is 15.7 Å². The van der Waals surface area contributed by atoms with Gasteiger partial charge < -0.3 is 10.1 Å². The van der Waals surface area contributed by atoms with Crippen LogP contribution in [0.3, 0.4) is 0 Å². The zero-order valence-electron chi connectivity index (χ0n) is 10.9. The van der Waals surface area contributed by atoms with Crippen LogP contribution in [0.15, 0.2) is 53.5 Å². The van der Waals surface area contributed by atoms with E-state index < -0.39 is 0 Å². The summed E-state index contributed by atoms with van der Waals surface area (Å²) in [6.45, 7) is 0. The molecule has 0 heterocycles. The second-order valence-electron chi connectivity index (χ2n) is 3.91. The number of para-hydroxylation sites is 1. The Morgan fingerprint density at radius 2 is 1.95 bits per heavy atom. The summed E-state index contributed by atoms with van der Waals surface area (Å²) in [4.78, 5) is 4.35. The molecule has 0 atom stereocenters. The van der Waals surface area contributed by atoms with Gasteiger partial charge in [0, 0.05) is 11.8 Å². The second-order valence-corrected chi connectivity index (χ2v) is 4.32. The number of methoxy groups -OCH3 is 1. The van der Waals surface area contributed by atoms with Crippen LogP contribution >= 0.6 is 11.6 Å². The molecule has 0 fully saturated rings. The van der Waals surface area contributed by atoms with E-state index in [9.17, 15) is 0 Å². The van der Waals surface area contributed by atoms with Gasteiger partial charge in [0.25, 0.3) is 0 Å². The maximum Gasteiger partial charge on any atom is 0.215 e. The molecule has 0 aliphatic carbocycles. The molecule has 0 radical (unpaired) electrons. The fourth-order valence-corrected chi connectivity index (χ4v) is 1.80. The average molecular weight is 291 g/mol. The summed E-state index contributed by atoms with van der Waals surface area (Å²) in [5, 5.41) is 3.60. The number of rotatable bonds is 3. The van der Waals surface area contributed by atoms with Crippen molar-refractivity contribution in [3.63, 3.8) is 0 Å². The number of anilines is 1. The van der Waals surface area contributed by atoms with Crippen LogP contribution in [-0.4, -0.2) is 13.1 Å². The zero-order chi connectivity index (χ0) is 14.4. The van der Waals surface area contributed by atoms with E-state index in [1.54, 1.807) is 19.2 Å². The molecular weight excluding hydrogens is 276 g/mol. The fraction of sp³-hybridized carbons (Fsp3) is 0.0714. The molecule has 4 N–H and O–H groups in total. The Morgan fingerprint density at radius 1 is 1.20 bits per heavy atom. The van der Waals surface area contributed by atoms with Crippen LogP contribution in [0.1, 0.15) is 0 Å². The number of benzene rings is 2. The number of nitrogens with one attached hydrogen (secondary N) is 2. The molecule has 0 bridgehead atoms. The van der Waals surface area contributed by atoms with Crippen molar-refractivity contribution in [3.8, 4) is 5.75 Å². The van der Waals surface area contributed by atoms with Gasteiger partial charge in [-0.1, -0.05) is 29.8 Å².